The quantitative estimate of drug-likeness (QED) is 0.383. The van der Waals surface area contributed by atoms with Gasteiger partial charge in [0.25, 0.3) is 10.0 Å². The molecule has 3 rings (SSSR count). The fourth-order valence-corrected chi connectivity index (χ4v) is 4.95. The summed E-state index contributed by atoms with van der Waals surface area (Å²) in [6, 6.07) is 20.5. The number of benzene rings is 3. The molecule has 0 radical (unpaired) electrons. The van der Waals surface area contributed by atoms with E-state index in [1.807, 2.05) is 24.3 Å². The third-order valence-electron chi connectivity index (χ3n) is 5.40. The van der Waals surface area contributed by atoms with Crippen LogP contribution in [-0.2, 0) is 21.2 Å². The van der Waals surface area contributed by atoms with Gasteiger partial charge in [0.15, 0.2) is 0 Å². The largest absolute Gasteiger partial charge is 0.497 e. The lowest BCUT2D eigenvalue weighted by atomic mass is 10.1. The van der Waals surface area contributed by atoms with Crippen molar-refractivity contribution >= 4 is 21.6 Å². The Labute approximate surface area is 206 Å². The van der Waals surface area contributed by atoms with Gasteiger partial charge < -0.3 is 19.5 Å². The Morgan fingerprint density at radius 2 is 1.51 bits per heavy atom. The van der Waals surface area contributed by atoms with E-state index in [1.54, 1.807) is 37.4 Å². The van der Waals surface area contributed by atoms with Crippen LogP contribution in [0.25, 0.3) is 0 Å². The van der Waals surface area contributed by atoms with Crippen LogP contribution in [0, 0.1) is 0 Å². The average molecular weight is 499 g/mol. The predicted molar refractivity (Wildman–Crippen MR) is 135 cm³/mol. The summed E-state index contributed by atoms with van der Waals surface area (Å²) >= 11 is 0. The first-order valence-corrected chi connectivity index (χ1v) is 12.5. The van der Waals surface area contributed by atoms with Crippen molar-refractivity contribution in [2.45, 2.75) is 17.7 Å². The summed E-state index contributed by atoms with van der Waals surface area (Å²) in [7, 11) is 0.482. The maximum Gasteiger partial charge on any atom is 0.264 e. The first-order valence-electron chi connectivity index (χ1n) is 11.1. The maximum absolute atomic E-state index is 13.5. The zero-order valence-electron chi connectivity index (χ0n) is 20.1. The monoisotopic (exact) mass is 498 g/mol. The fourth-order valence-electron chi connectivity index (χ4n) is 3.51. The number of amides is 1. The second kappa shape index (κ2) is 12.1. The summed E-state index contributed by atoms with van der Waals surface area (Å²) in [5, 5.41) is 2.82. The van der Waals surface area contributed by atoms with Gasteiger partial charge in [0.2, 0.25) is 5.91 Å². The minimum absolute atomic E-state index is 0.0668. The second-order valence-corrected chi connectivity index (χ2v) is 9.53. The number of sulfonamides is 1. The Morgan fingerprint density at radius 1 is 0.857 bits per heavy atom. The zero-order valence-corrected chi connectivity index (χ0v) is 20.9. The number of ether oxygens (including phenoxy) is 3. The molecule has 3 aromatic carbocycles. The summed E-state index contributed by atoms with van der Waals surface area (Å²) in [6.07, 6.45) is 1.46. The third-order valence-corrected chi connectivity index (χ3v) is 7.17. The number of hydrogen-bond donors (Lipinski definition) is 1. The molecule has 8 nitrogen and oxygen atoms in total. The normalized spacial score (nSPS) is 10.9. The highest BCUT2D eigenvalue weighted by molar-refractivity contribution is 7.92. The van der Waals surface area contributed by atoms with Crippen molar-refractivity contribution in [3.8, 4) is 17.2 Å². The molecule has 0 fully saturated rings. The molecule has 0 aromatic heterocycles. The van der Waals surface area contributed by atoms with Crippen molar-refractivity contribution in [1.29, 1.82) is 0 Å². The van der Waals surface area contributed by atoms with E-state index in [4.69, 9.17) is 14.2 Å². The number of hydrogen-bond acceptors (Lipinski definition) is 6. The van der Waals surface area contributed by atoms with E-state index in [1.165, 1.54) is 32.4 Å². The first-order chi connectivity index (χ1) is 16.9. The molecule has 0 aliphatic rings. The fraction of sp³-hybridized carbons (Fsp3) is 0.269. The molecule has 0 atom stereocenters. The summed E-state index contributed by atoms with van der Waals surface area (Å²) in [4.78, 5) is 12.9. The van der Waals surface area contributed by atoms with Crippen LogP contribution in [0.5, 0.6) is 17.2 Å². The van der Waals surface area contributed by atoms with E-state index < -0.39 is 22.5 Å². The van der Waals surface area contributed by atoms with Gasteiger partial charge in [-0.05, 0) is 54.8 Å². The molecule has 0 spiro atoms. The highest BCUT2D eigenvalue weighted by Crippen LogP contribution is 2.35. The molecule has 186 valence electrons. The molecule has 0 aliphatic heterocycles. The van der Waals surface area contributed by atoms with Gasteiger partial charge in [0.05, 0.1) is 31.9 Å². The van der Waals surface area contributed by atoms with Gasteiger partial charge in [0, 0.05) is 12.6 Å². The van der Waals surface area contributed by atoms with Crippen LogP contribution in [0.4, 0.5) is 5.69 Å². The predicted octanol–water partition coefficient (Wildman–Crippen LogP) is 3.66. The van der Waals surface area contributed by atoms with Crippen LogP contribution in [0.2, 0.25) is 0 Å². The van der Waals surface area contributed by atoms with Crippen molar-refractivity contribution in [3.05, 3.63) is 78.4 Å². The average Bonchev–Trinajstić information content (AvgIpc) is 2.90. The number of nitrogens with one attached hydrogen (secondary N) is 1. The molecule has 0 unspecified atom stereocenters. The standard InChI is InChI=1S/C26H30N2O6S/c1-32-21-13-11-20(12-14-21)8-7-17-27-26(29)19-28(35(30,31)23-9-5-4-6-10-23)24-18-22(33-2)15-16-25(24)34-3/h4-6,9-16,18H,7-8,17,19H2,1-3H3,(H,27,29). The Kier molecular flexibility index (Phi) is 8.97. The van der Waals surface area contributed by atoms with Gasteiger partial charge in [-0.2, -0.15) is 0 Å². The molecule has 0 bridgehead atoms. The van der Waals surface area contributed by atoms with Crippen molar-refractivity contribution in [2.75, 3.05) is 38.7 Å². The van der Waals surface area contributed by atoms with E-state index in [2.05, 4.69) is 5.32 Å². The van der Waals surface area contributed by atoms with Crippen LogP contribution < -0.4 is 23.8 Å². The second-order valence-electron chi connectivity index (χ2n) is 7.66. The molecule has 0 heterocycles. The van der Waals surface area contributed by atoms with E-state index >= 15 is 0 Å². The molecule has 1 N–H and O–H groups in total. The number of anilines is 1. The van der Waals surface area contributed by atoms with Crippen LogP contribution in [-0.4, -0.2) is 48.7 Å². The van der Waals surface area contributed by atoms with Gasteiger partial charge in [-0.25, -0.2) is 8.42 Å². The molecule has 0 saturated heterocycles. The lowest BCUT2D eigenvalue weighted by molar-refractivity contribution is -0.119. The Balaban J connectivity index is 1.76. The molecule has 9 heteroatoms. The smallest absolute Gasteiger partial charge is 0.264 e. The Hall–Kier alpha value is -3.72. The summed E-state index contributed by atoms with van der Waals surface area (Å²) in [5.74, 6) is 1.10. The molecular formula is C26H30N2O6S. The summed E-state index contributed by atoms with van der Waals surface area (Å²) < 4.78 is 44.0. The van der Waals surface area contributed by atoms with Gasteiger partial charge in [0.1, 0.15) is 23.8 Å². The van der Waals surface area contributed by atoms with E-state index in [0.717, 1.165) is 22.0 Å². The number of aryl methyl sites for hydroxylation is 1. The van der Waals surface area contributed by atoms with Crippen LogP contribution in [0.3, 0.4) is 0 Å². The van der Waals surface area contributed by atoms with Gasteiger partial charge in [-0.1, -0.05) is 30.3 Å². The SMILES string of the molecule is COc1ccc(CCCNC(=O)CN(c2cc(OC)ccc2OC)S(=O)(=O)c2ccccc2)cc1. The van der Waals surface area contributed by atoms with Crippen molar-refractivity contribution in [3.63, 3.8) is 0 Å². The van der Waals surface area contributed by atoms with Crippen molar-refractivity contribution in [1.82, 2.24) is 5.32 Å². The van der Waals surface area contributed by atoms with E-state index in [9.17, 15) is 13.2 Å². The minimum Gasteiger partial charge on any atom is -0.497 e. The highest BCUT2D eigenvalue weighted by Gasteiger charge is 2.29. The highest BCUT2D eigenvalue weighted by atomic mass is 32.2. The molecule has 1 amide bonds. The first kappa shape index (κ1) is 25.9. The van der Waals surface area contributed by atoms with Crippen LogP contribution >= 0.6 is 0 Å². The van der Waals surface area contributed by atoms with Crippen molar-refractivity contribution in [2.24, 2.45) is 0 Å². The van der Waals surface area contributed by atoms with Crippen molar-refractivity contribution < 1.29 is 27.4 Å². The molecule has 0 saturated carbocycles. The maximum atomic E-state index is 13.5. The molecule has 3 aromatic rings. The lowest BCUT2D eigenvalue weighted by Crippen LogP contribution is -2.41. The van der Waals surface area contributed by atoms with Gasteiger partial charge in [-0.15, -0.1) is 0 Å². The van der Waals surface area contributed by atoms with E-state index in [-0.39, 0.29) is 10.6 Å². The molecule has 35 heavy (non-hydrogen) atoms. The van der Waals surface area contributed by atoms with Gasteiger partial charge in [-0.3, -0.25) is 9.10 Å². The third kappa shape index (κ3) is 6.66. The number of methoxy groups -OCH3 is 3. The number of carbonyl (C=O) groups is 1. The number of carbonyl (C=O) groups excluding carboxylic acids is 1. The number of rotatable bonds is 12. The summed E-state index contributed by atoms with van der Waals surface area (Å²) in [6.45, 7) is -0.0113. The lowest BCUT2D eigenvalue weighted by Gasteiger charge is -2.26. The minimum atomic E-state index is -4.06. The number of nitrogens with zero attached hydrogens (tertiary/aromatic N) is 1. The summed E-state index contributed by atoms with van der Waals surface area (Å²) in [5.41, 5.74) is 1.33. The Morgan fingerprint density at radius 3 is 2.14 bits per heavy atom. The van der Waals surface area contributed by atoms with Crippen LogP contribution in [0.15, 0.2) is 77.7 Å². The topological polar surface area (TPSA) is 94.2 Å². The Bertz CT molecular complexity index is 1210. The van der Waals surface area contributed by atoms with E-state index in [0.29, 0.717) is 24.5 Å². The molecular weight excluding hydrogens is 468 g/mol. The molecule has 0 aliphatic carbocycles. The van der Waals surface area contributed by atoms with Crippen LogP contribution in [0.1, 0.15) is 12.0 Å². The van der Waals surface area contributed by atoms with Gasteiger partial charge >= 0.3 is 0 Å². The zero-order chi connectivity index (χ0) is 25.3.